The lowest BCUT2D eigenvalue weighted by Crippen LogP contribution is -2.32. The predicted molar refractivity (Wildman–Crippen MR) is 516 cm³/mol. The third-order valence-corrected chi connectivity index (χ3v) is 26.2. The van der Waals surface area contributed by atoms with Crippen LogP contribution in [0.4, 0.5) is 61.2 Å². The van der Waals surface area contributed by atoms with Gasteiger partial charge in [-0.15, -0.1) is 0 Å². The quantitative estimate of drug-likeness (QED) is 0.0275. The lowest BCUT2D eigenvalue weighted by atomic mass is 10.0. The molecule has 0 atom stereocenters. The van der Waals surface area contributed by atoms with Crippen molar-refractivity contribution >= 4 is 82.3 Å². The van der Waals surface area contributed by atoms with Gasteiger partial charge in [0.05, 0.1) is 78.7 Å². The third kappa shape index (κ3) is 18.1. The number of carbonyl (C=O) groups is 8. The van der Waals surface area contributed by atoms with E-state index in [-0.39, 0.29) is 88.1 Å². The number of carbonyl (C=O) groups excluding carboxylic acids is 8. The summed E-state index contributed by atoms with van der Waals surface area (Å²) in [7, 11) is 7.24. The molecule has 6 aromatic heterocycles. The molecule has 26 rings (SSSR count). The van der Waals surface area contributed by atoms with Gasteiger partial charge in [-0.3, -0.25) is 57.7 Å². The zero-order chi connectivity index (χ0) is 98.2. The van der Waals surface area contributed by atoms with Crippen LogP contribution in [0.5, 0.6) is 0 Å². The molecule has 33 heteroatoms. The van der Waals surface area contributed by atoms with Gasteiger partial charge in [0.1, 0.15) is 58.2 Å². The number of hydrogen-bond donors (Lipinski definition) is 5. The van der Waals surface area contributed by atoms with Gasteiger partial charge in [0.15, 0.2) is 11.6 Å². The fourth-order valence-electron chi connectivity index (χ4n) is 18.5. The number of nitrogens with zero attached hydrogens (tertiary/aromatic N) is 13. The predicted octanol–water partition coefficient (Wildman–Crippen LogP) is 20.7. The standard InChI is InChI=1S/2C21H16FN3O2.C20H14FN3O2.2C13H14FN3.C12H12FN3.C8H4O3/c1-24-18(13-8-10-14(22)11-9-13)17(12-6-7-12)19(23-24)25-20(26)15-4-2-3-5-16(15)21(25)27;1-24-19(25-20(26)15-4-2-3-5-16(15)21(25)27)17(12-6-7-12)18(23-24)13-8-10-14(22)11-9-13;21-13-9-7-12(8-10-13)17-16(11-5-6-11)18(23-22-17)24-19(25)14-3-1-2-4-15(14)20(24)26;1-17-12(9-4-6-10(14)7-5-9)11(8-2-3-8)13(15)16-17;1-17-13(15)11(8-2-3-8)12(16-17)9-4-6-10(14)7-5-9;13-9-5-3-8(4-6-9)11-10(7-1-2-7)12(14)16-15-11;9-7-5-3-1-2-4-6(5)8(10)11-7/h2*2-5,8-12H,6-7H2,1H3;1-4,7-11H,5-6H2,(H,22,23);4-8H,2-3H2,1H3,(H2,15,16);4-8H,2-3,15H2,1H3;3-7H,1-2H2,(H3,14,15,16);1-4H. The van der Waals surface area contributed by atoms with Crippen LogP contribution in [-0.4, -0.2) is 107 Å². The van der Waals surface area contributed by atoms with Crippen molar-refractivity contribution in [2.75, 3.05) is 31.9 Å². The molecule has 0 bridgehead atoms. The summed E-state index contributed by atoms with van der Waals surface area (Å²) in [6.07, 6.45) is 12.9. The van der Waals surface area contributed by atoms with E-state index in [0.29, 0.717) is 97.0 Å². The number of fused-ring (bicyclic) bond motifs is 4. The van der Waals surface area contributed by atoms with Crippen LogP contribution < -0.4 is 31.9 Å². The average Bonchev–Trinajstić information content (AvgIpc) is 1.58. The monoisotopic (exact) mass is 1900 g/mol. The van der Waals surface area contributed by atoms with E-state index in [0.717, 1.165) is 157 Å². The van der Waals surface area contributed by atoms with Crippen LogP contribution in [0.15, 0.2) is 243 Å². The van der Waals surface area contributed by atoms with Crippen molar-refractivity contribution in [3.63, 3.8) is 0 Å². The molecule has 4 aliphatic heterocycles. The molecule has 10 heterocycles. The van der Waals surface area contributed by atoms with Gasteiger partial charge in [0.2, 0.25) is 0 Å². The summed E-state index contributed by atoms with van der Waals surface area (Å²) < 4.78 is 89.7. The molecule has 10 aromatic carbocycles. The van der Waals surface area contributed by atoms with Crippen LogP contribution in [-0.2, 0) is 32.9 Å². The molecule has 27 nitrogen and oxygen atoms in total. The Morgan fingerprint density at radius 2 is 0.567 bits per heavy atom. The topological polar surface area (TPSA) is 362 Å². The molecule has 6 fully saturated rings. The number of imide groups is 3. The van der Waals surface area contributed by atoms with Crippen LogP contribution in [0, 0.1) is 34.9 Å². The van der Waals surface area contributed by atoms with Crippen LogP contribution in [0.2, 0.25) is 0 Å². The number of nitrogens with two attached hydrogens (primary N) is 3. The number of ether oxygens (including phenoxy) is 1. The highest BCUT2D eigenvalue weighted by atomic mass is 19.1. The zero-order valence-electron chi connectivity index (χ0n) is 76.5. The van der Waals surface area contributed by atoms with Gasteiger partial charge in [0, 0.05) is 95.0 Å². The number of anilines is 6. The molecule has 708 valence electrons. The summed E-state index contributed by atoms with van der Waals surface area (Å²) in [5.74, 6) is 0.710. The van der Waals surface area contributed by atoms with Crippen LogP contribution in [0.3, 0.4) is 0 Å². The molecule has 10 aliphatic rings. The minimum absolute atomic E-state index is 0.225. The summed E-state index contributed by atoms with van der Waals surface area (Å²) in [6, 6.07) is 64.7. The summed E-state index contributed by atoms with van der Waals surface area (Å²) in [5, 5.41) is 32.1. The van der Waals surface area contributed by atoms with Crippen LogP contribution in [0.1, 0.15) is 229 Å². The molecule has 6 amide bonds. The van der Waals surface area contributed by atoms with Gasteiger partial charge in [0.25, 0.3) is 35.4 Å². The van der Waals surface area contributed by atoms with E-state index in [9.17, 15) is 64.7 Å². The number of halogens is 6. The van der Waals surface area contributed by atoms with E-state index >= 15 is 0 Å². The maximum absolute atomic E-state index is 13.4. The van der Waals surface area contributed by atoms with Crippen molar-refractivity contribution < 1.29 is 69.4 Å². The molecular formula is C108H90F6N18O9. The number of benzene rings is 10. The van der Waals surface area contributed by atoms with E-state index in [2.05, 4.69) is 45.5 Å². The Hall–Kier alpha value is -17.0. The zero-order valence-corrected chi connectivity index (χ0v) is 76.5. The maximum Gasteiger partial charge on any atom is 0.346 e. The molecule has 0 saturated heterocycles. The number of rotatable bonds is 15. The number of H-pyrrole nitrogens is 2. The molecule has 6 saturated carbocycles. The molecular weight excluding hydrogens is 1810 g/mol. The second-order valence-electron chi connectivity index (χ2n) is 36.1. The minimum Gasteiger partial charge on any atom is -0.386 e. The average molecular weight is 1900 g/mol. The lowest BCUT2D eigenvalue weighted by molar-refractivity contribution is 0.0441. The van der Waals surface area contributed by atoms with E-state index in [4.69, 9.17) is 17.2 Å². The first-order valence-electron chi connectivity index (χ1n) is 46.2. The Morgan fingerprint density at radius 3 is 0.965 bits per heavy atom. The third-order valence-electron chi connectivity index (χ3n) is 26.2. The Kier molecular flexibility index (Phi) is 24.4. The maximum atomic E-state index is 13.4. The number of amides is 6. The number of aryl methyl sites for hydroxylation is 4. The van der Waals surface area contributed by atoms with Crippen molar-refractivity contribution in [2.24, 2.45) is 28.2 Å². The summed E-state index contributed by atoms with van der Waals surface area (Å²) in [5.41, 5.74) is 37.2. The van der Waals surface area contributed by atoms with Crippen molar-refractivity contribution in [3.8, 4) is 67.5 Å². The first-order valence-corrected chi connectivity index (χ1v) is 46.2. The summed E-state index contributed by atoms with van der Waals surface area (Å²) in [6.45, 7) is 0. The van der Waals surface area contributed by atoms with E-state index < -0.39 is 11.9 Å². The smallest absolute Gasteiger partial charge is 0.346 e. The Balaban J connectivity index is 0.000000103. The van der Waals surface area contributed by atoms with Gasteiger partial charge >= 0.3 is 11.9 Å². The first-order chi connectivity index (χ1) is 68.1. The Morgan fingerprint density at radius 1 is 0.277 bits per heavy atom. The fraction of sp³-hybridized carbons (Fsp3) is 0.204. The highest BCUT2D eigenvalue weighted by molar-refractivity contribution is 6.36. The van der Waals surface area contributed by atoms with Crippen molar-refractivity contribution in [2.45, 2.75) is 113 Å². The molecule has 0 spiro atoms. The number of nitrogen functional groups attached to an aromatic ring is 3. The van der Waals surface area contributed by atoms with Crippen molar-refractivity contribution in [3.05, 3.63) is 355 Å². The van der Waals surface area contributed by atoms with E-state index in [1.54, 1.807) is 203 Å². The van der Waals surface area contributed by atoms with Crippen LogP contribution >= 0.6 is 0 Å². The summed E-state index contributed by atoms with van der Waals surface area (Å²) in [4.78, 5) is 103. The molecule has 16 aromatic rings. The molecule has 6 aliphatic carbocycles. The van der Waals surface area contributed by atoms with E-state index in [1.165, 1.54) is 108 Å². The molecule has 0 radical (unpaired) electrons. The number of aromatic amines is 2. The van der Waals surface area contributed by atoms with Gasteiger partial charge in [-0.25, -0.2) is 50.6 Å². The lowest BCUT2D eigenvalue weighted by Gasteiger charge is -2.16. The van der Waals surface area contributed by atoms with Crippen molar-refractivity contribution in [1.29, 1.82) is 0 Å². The van der Waals surface area contributed by atoms with Gasteiger partial charge in [-0.1, -0.05) is 48.5 Å². The number of aromatic nitrogens is 12. The molecule has 0 unspecified atom stereocenters. The number of cyclic esters (lactones) is 2. The van der Waals surface area contributed by atoms with Gasteiger partial charge in [-0.05, 0) is 307 Å². The Bertz CT molecular complexity index is 7520. The number of esters is 2. The Labute approximate surface area is 802 Å². The number of nitrogens with one attached hydrogen (secondary N) is 2. The second kappa shape index (κ2) is 37.5. The largest absolute Gasteiger partial charge is 0.386 e. The first kappa shape index (κ1) is 91.7. The van der Waals surface area contributed by atoms with E-state index in [1.807, 2.05) is 14.1 Å². The van der Waals surface area contributed by atoms with Gasteiger partial charge < -0.3 is 21.9 Å². The molecule has 8 N–H and O–H groups in total. The molecule has 141 heavy (non-hydrogen) atoms. The number of hydrogen-bond acceptors (Lipinski definition) is 18. The SMILES string of the molecule is Cn1nc(-c2ccc(F)cc2)c(C2CC2)c1N.Cn1nc(-c2ccc(F)cc2)c(C2CC2)c1N1C(=O)c2ccccc2C1=O.Cn1nc(N)c(C2CC2)c1-c1ccc(F)cc1.Cn1nc(N2C(=O)c3ccccc3C2=O)c(C2CC2)c1-c1ccc(F)cc1.Nc1n[nH]c(-c2ccc(F)cc2)c1C1CC1.O=C1OC(=O)c2ccccc21.O=C1c2ccccc2C(=O)N1c1n[nH]c(-c2ccc(F)cc2)c1C1CC1. The normalized spacial score (nSPS) is 15.7. The summed E-state index contributed by atoms with van der Waals surface area (Å²) >= 11 is 0. The van der Waals surface area contributed by atoms with Crippen LogP contribution in [0.25, 0.3) is 67.5 Å². The highest BCUT2D eigenvalue weighted by Gasteiger charge is 2.48. The van der Waals surface area contributed by atoms with Gasteiger partial charge in [-0.2, -0.15) is 30.6 Å². The minimum atomic E-state index is -0.550. The highest BCUT2D eigenvalue weighted by Crippen LogP contribution is 2.55. The fourth-order valence-corrected chi connectivity index (χ4v) is 18.5. The second-order valence-corrected chi connectivity index (χ2v) is 36.1. The van der Waals surface area contributed by atoms with Crippen molar-refractivity contribution in [1.82, 2.24) is 59.5 Å².